The van der Waals surface area contributed by atoms with Crippen molar-refractivity contribution in [2.45, 2.75) is 17.1 Å². The molecule has 21 heavy (non-hydrogen) atoms. The number of benzene rings is 1. The molecule has 2 heterocycles. The minimum Gasteiger partial charge on any atom is -0.369 e. The molecule has 1 unspecified atom stereocenters. The molecule has 3 rings (SSSR count). The zero-order valence-electron chi connectivity index (χ0n) is 11.7. The fraction of sp³-hybridized carbons (Fsp3) is 0.188. The second-order valence-corrected chi connectivity index (χ2v) is 6.23. The second-order valence-electron chi connectivity index (χ2n) is 4.72. The van der Waals surface area contributed by atoms with Gasteiger partial charge in [-0.1, -0.05) is 25.1 Å². The summed E-state index contributed by atoms with van der Waals surface area (Å²) in [6.45, 7) is 3.05. The number of fused-ring (bicyclic) bond motifs is 1. The summed E-state index contributed by atoms with van der Waals surface area (Å²) in [5.74, 6) is 0.837. The highest BCUT2D eigenvalue weighted by Gasteiger charge is 2.05. The lowest BCUT2D eigenvalue weighted by Crippen LogP contribution is -2.13. The van der Waals surface area contributed by atoms with Crippen molar-refractivity contribution < 1.29 is 0 Å². The summed E-state index contributed by atoms with van der Waals surface area (Å²) in [5, 5.41) is 3.81. The van der Waals surface area contributed by atoms with Gasteiger partial charge in [0.25, 0.3) is 0 Å². The Kier molecular flexibility index (Phi) is 4.31. The minimum atomic E-state index is 0.451. The molecule has 0 radical (unpaired) electrons. The largest absolute Gasteiger partial charge is 0.369 e. The van der Waals surface area contributed by atoms with E-state index < -0.39 is 0 Å². The number of rotatable bonds is 5. The average Bonchev–Trinajstić information content (AvgIpc) is 2.54. The first kappa shape index (κ1) is 13.8. The first-order valence-corrected chi connectivity index (χ1v) is 7.72. The molecule has 1 atom stereocenters. The quantitative estimate of drug-likeness (QED) is 0.729. The van der Waals surface area contributed by atoms with E-state index in [9.17, 15) is 0 Å². The molecule has 0 fully saturated rings. The van der Waals surface area contributed by atoms with Gasteiger partial charge < -0.3 is 5.32 Å². The number of anilines is 1. The van der Waals surface area contributed by atoms with Gasteiger partial charge in [-0.15, -0.1) is 11.8 Å². The molecular weight excluding hydrogens is 280 g/mol. The Morgan fingerprint density at radius 2 is 1.86 bits per heavy atom. The van der Waals surface area contributed by atoms with E-state index in [1.54, 1.807) is 12.4 Å². The highest BCUT2D eigenvalue weighted by atomic mass is 32.2. The van der Waals surface area contributed by atoms with Crippen molar-refractivity contribution in [3.05, 3.63) is 54.9 Å². The van der Waals surface area contributed by atoms with Crippen LogP contribution in [0.25, 0.3) is 11.2 Å². The van der Waals surface area contributed by atoms with Crippen LogP contribution in [0, 0.1) is 0 Å². The number of nitrogens with zero attached hydrogens (tertiary/aromatic N) is 3. The van der Waals surface area contributed by atoms with Crippen molar-refractivity contribution in [3.8, 4) is 0 Å². The van der Waals surface area contributed by atoms with Gasteiger partial charge in [-0.25, -0.2) is 9.97 Å². The Morgan fingerprint density at radius 3 is 2.71 bits per heavy atom. The fourth-order valence-corrected chi connectivity index (χ4v) is 2.92. The zero-order chi connectivity index (χ0) is 14.5. The molecule has 0 bridgehead atoms. The number of nitrogens with one attached hydrogen (secondary N) is 1. The van der Waals surface area contributed by atoms with E-state index in [1.807, 2.05) is 30.0 Å². The second kappa shape index (κ2) is 6.54. The lowest BCUT2D eigenvalue weighted by molar-refractivity contribution is 0.988. The lowest BCUT2D eigenvalue weighted by Gasteiger charge is -2.13. The van der Waals surface area contributed by atoms with Crippen LogP contribution in [0.5, 0.6) is 0 Å². The third-order valence-electron chi connectivity index (χ3n) is 2.98. The van der Waals surface area contributed by atoms with E-state index >= 15 is 0 Å². The van der Waals surface area contributed by atoms with E-state index in [0.29, 0.717) is 10.9 Å². The van der Waals surface area contributed by atoms with E-state index in [-0.39, 0.29) is 0 Å². The lowest BCUT2D eigenvalue weighted by atomic mass is 10.4. The average molecular weight is 296 g/mol. The van der Waals surface area contributed by atoms with E-state index in [1.165, 1.54) is 4.90 Å². The van der Waals surface area contributed by atoms with Crippen molar-refractivity contribution in [1.29, 1.82) is 0 Å². The molecule has 5 heteroatoms. The van der Waals surface area contributed by atoms with Crippen molar-refractivity contribution in [2.75, 3.05) is 11.9 Å². The molecule has 3 aromatic rings. The van der Waals surface area contributed by atoms with Crippen LogP contribution >= 0.6 is 11.8 Å². The molecule has 106 valence electrons. The van der Waals surface area contributed by atoms with E-state index in [2.05, 4.69) is 51.5 Å². The fourth-order valence-electron chi connectivity index (χ4n) is 1.97. The van der Waals surface area contributed by atoms with Gasteiger partial charge in [-0.05, 0) is 24.3 Å². The van der Waals surface area contributed by atoms with Crippen LogP contribution in [-0.2, 0) is 0 Å². The van der Waals surface area contributed by atoms with Gasteiger partial charge in [-0.3, -0.25) is 4.98 Å². The molecular formula is C16H16N4S. The maximum Gasteiger partial charge on any atom is 0.180 e. The van der Waals surface area contributed by atoms with Gasteiger partial charge in [-0.2, -0.15) is 0 Å². The van der Waals surface area contributed by atoms with Crippen LogP contribution in [0.15, 0.2) is 59.8 Å². The van der Waals surface area contributed by atoms with E-state index in [0.717, 1.165) is 17.9 Å². The summed E-state index contributed by atoms with van der Waals surface area (Å²) >= 11 is 1.85. The number of thioether (sulfide) groups is 1. The Labute approximate surface area is 128 Å². The zero-order valence-corrected chi connectivity index (χ0v) is 12.5. The van der Waals surface area contributed by atoms with Gasteiger partial charge in [0.1, 0.15) is 11.3 Å². The van der Waals surface area contributed by atoms with Crippen molar-refractivity contribution in [1.82, 2.24) is 15.0 Å². The van der Waals surface area contributed by atoms with Crippen LogP contribution in [-0.4, -0.2) is 26.7 Å². The minimum absolute atomic E-state index is 0.451. The first-order chi connectivity index (χ1) is 10.3. The molecule has 0 saturated carbocycles. The van der Waals surface area contributed by atoms with Gasteiger partial charge in [0.2, 0.25) is 0 Å². The molecule has 0 aliphatic heterocycles. The first-order valence-electron chi connectivity index (χ1n) is 6.84. The number of hydrogen-bond acceptors (Lipinski definition) is 5. The third kappa shape index (κ3) is 3.70. The SMILES string of the molecule is CC(CNc1ccc2nccnc2n1)Sc1ccccc1. The molecule has 0 aliphatic rings. The predicted octanol–water partition coefficient (Wildman–Crippen LogP) is 3.62. The highest BCUT2D eigenvalue weighted by Crippen LogP contribution is 2.22. The van der Waals surface area contributed by atoms with Gasteiger partial charge in [0, 0.05) is 29.1 Å². The van der Waals surface area contributed by atoms with Crippen LogP contribution in [0.4, 0.5) is 5.82 Å². The molecule has 0 spiro atoms. The Bertz CT molecular complexity index is 718. The summed E-state index contributed by atoms with van der Waals surface area (Å²) in [7, 11) is 0. The molecule has 0 aliphatic carbocycles. The molecule has 1 N–H and O–H groups in total. The number of pyridine rings is 1. The van der Waals surface area contributed by atoms with Gasteiger partial charge >= 0.3 is 0 Å². The van der Waals surface area contributed by atoms with Crippen LogP contribution < -0.4 is 5.32 Å². The topological polar surface area (TPSA) is 50.7 Å². The normalized spacial score (nSPS) is 12.2. The Balaban J connectivity index is 1.60. The number of hydrogen-bond donors (Lipinski definition) is 1. The summed E-state index contributed by atoms with van der Waals surface area (Å²) in [4.78, 5) is 14.2. The maximum absolute atomic E-state index is 4.46. The standard InChI is InChI=1S/C16H16N4S/c1-12(21-13-5-3-2-4-6-13)11-19-15-8-7-14-16(20-15)18-10-9-17-14/h2-10,12H,11H2,1H3,(H,18,19,20). The molecule has 4 nitrogen and oxygen atoms in total. The van der Waals surface area contributed by atoms with Crippen molar-refractivity contribution in [2.24, 2.45) is 0 Å². The maximum atomic E-state index is 4.46. The summed E-state index contributed by atoms with van der Waals surface area (Å²) in [5.41, 5.74) is 1.49. The third-order valence-corrected chi connectivity index (χ3v) is 4.10. The summed E-state index contributed by atoms with van der Waals surface area (Å²) in [6, 6.07) is 14.3. The monoisotopic (exact) mass is 296 g/mol. The summed E-state index contributed by atoms with van der Waals surface area (Å²) < 4.78 is 0. The Hall–Kier alpha value is -2.14. The highest BCUT2D eigenvalue weighted by molar-refractivity contribution is 8.00. The Morgan fingerprint density at radius 1 is 1.05 bits per heavy atom. The van der Waals surface area contributed by atoms with Gasteiger partial charge in [0.05, 0.1) is 0 Å². The smallest absolute Gasteiger partial charge is 0.180 e. The molecule has 0 amide bonds. The molecule has 1 aromatic carbocycles. The summed E-state index contributed by atoms with van der Waals surface area (Å²) in [6.07, 6.45) is 3.34. The molecule has 0 saturated heterocycles. The van der Waals surface area contributed by atoms with Gasteiger partial charge in [0.15, 0.2) is 5.65 Å². The van der Waals surface area contributed by atoms with E-state index in [4.69, 9.17) is 0 Å². The molecule has 2 aromatic heterocycles. The van der Waals surface area contributed by atoms with Crippen molar-refractivity contribution >= 4 is 28.7 Å². The number of aromatic nitrogens is 3. The van der Waals surface area contributed by atoms with Crippen LogP contribution in [0.3, 0.4) is 0 Å². The van der Waals surface area contributed by atoms with Crippen LogP contribution in [0.2, 0.25) is 0 Å². The predicted molar refractivity (Wildman–Crippen MR) is 87.6 cm³/mol. The van der Waals surface area contributed by atoms with Crippen molar-refractivity contribution in [3.63, 3.8) is 0 Å². The van der Waals surface area contributed by atoms with Crippen LogP contribution in [0.1, 0.15) is 6.92 Å².